The first-order chi connectivity index (χ1) is 14.0. The molecule has 1 aliphatic rings. The number of alkyl carbamates (subject to hydrolysis) is 1. The molecule has 6 heteroatoms. The smallest absolute Gasteiger partial charge is 0.407 e. The predicted octanol–water partition coefficient (Wildman–Crippen LogP) is 4.54. The van der Waals surface area contributed by atoms with Crippen LogP contribution in [0.4, 0.5) is 13.6 Å². The van der Waals surface area contributed by atoms with Crippen LogP contribution < -0.4 is 5.32 Å². The lowest BCUT2D eigenvalue weighted by Gasteiger charge is -2.16. The Balaban J connectivity index is 1.38. The normalized spacial score (nSPS) is 13.5. The highest BCUT2D eigenvalue weighted by Gasteiger charge is 2.29. The maximum Gasteiger partial charge on any atom is 0.407 e. The van der Waals surface area contributed by atoms with Crippen LogP contribution in [0, 0.1) is 11.6 Å². The van der Waals surface area contributed by atoms with Crippen LogP contribution in [0.3, 0.4) is 0 Å². The molecule has 0 saturated carbocycles. The van der Waals surface area contributed by atoms with Crippen LogP contribution in [0.15, 0.2) is 66.7 Å². The first kappa shape index (κ1) is 19.1. The highest BCUT2D eigenvalue weighted by molar-refractivity contribution is 5.79. The molecule has 3 aromatic carbocycles. The van der Waals surface area contributed by atoms with E-state index < -0.39 is 23.8 Å². The maximum absolute atomic E-state index is 13.3. The van der Waals surface area contributed by atoms with Crippen LogP contribution in [0.25, 0.3) is 11.1 Å². The minimum atomic E-state index is -1.25. The number of nitrogens with one attached hydrogen (secondary N) is 1. The molecule has 0 aromatic heterocycles. The maximum atomic E-state index is 13.3. The zero-order chi connectivity index (χ0) is 20.4. The Hall–Kier alpha value is -3.25. The Bertz CT molecular complexity index is 988. The average molecular weight is 395 g/mol. The molecule has 148 valence electrons. The van der Waals surface area contributed by atoms with Gasteiger partial charge in [-0.15, -0.1) is 0 Å². The average Bonchev–Trinajstić information content (AvgIpc) is 3.03. The largest absolute Gasteiger partial charge is 0.449 e. The number of carbonyl (C=O) groups excluding carboxylic acids is 1. The van der Waals surface area contributed by atoms with Gasteiger partial charge in [-0.1, -0.05) is 48.5 Å². The first-order valence-electron chi connectivity index (χ1n) is 9.26. The van der Waals surface area contributed by atoms with Crippen molar-refractivity contribution in [1.82, 2.24) is 5.32 Å². The van der Waals surface area contributed by atoms with Gasteiger partial charge < -0.3 is 15.2 Å². The van der Waals surface area contributed by atoms with Gasteiger partial charge >= 0.3 is 6.09 Å². The van der Waals surface area contributed by atoms with Gasteiger partial charge in [-0.3, -0.25) is 0 Å². The Kier molecular flexibility index (Phi) is 5.27. The molecule has 0 saturated heterocycles. The number of hydrogen-bond acceptors (Lipinski definition) is 3. The lowest BCUT2D eigenvalue weighted by Crippen LogP contribution is -2.30. The van der Waals surface area contributed by atoms with E-state index in [0.29, 0.717) is 0 Å². The van der Waals surface area contributed by atoms with E-state index >= 15 is 0 Å². The summed E-state index contributed by atoms with van der Waals surface area (Å²) >= 11 is 0. The number of ether oxygens (including phenoxy) is 1. The van der Waals surface area contributed by atoms with Crippen molar-refractivity contribution < 1.29 is 23.4 Å². The second kappa shape index (κ2) is 8.01. The molecule has 2 N–H and O–H groups in total. The summed E-state index contributed by atoms with van der Waals surface area (Å²) in [6, 6.07) is 18.7. The van der Waals surface area contributed by atoms with Gasteiger partial charge in [-0.05, 0) is 39.9 Å². The third-order valence-corrected chi connectivity index (χ3v) is 5.05. The Labute approximate surface area is 166 Å². The standard InChI is InChI=1S/C23H19F2NO3/c24-15-9-14(10-16(25)11-15)22(27)12-26-23(28)29-13-21-19-7-3-1-5-17(19)18-6-2-4-8-20(18)21/h1-11,21-22,27H,12-13H2,(H,26,28). The van der Waals surface area contributed by atoms with Crippen LogP contribution in [0.1, 0.15) is 28.7 Å². The van der Waals surface area contributed by atoms with Crippen molar-refractivity contribution in [3.05, 3.63) is 95.1 Å². The van der Waals surface area contributed by atoms with E-state index in [1.165, 1.54) is 0 Å². The van der Waals surface area contributed by atoms with Gasteiger partial charge in [0.15, 0.2) is 0 Å². The van der Waals surface area contributed by atoms with Crippen LogP contribution in [0.2, 0.25) is 0 Å². The number of hydrogen-bond donors (Lipinski definition) is 2. The van der Waals surface area contributed by atoms with Crippen LogP contribution in [0.5, 0.6) is 0 Å². The molecule has 0 spiro atoms. The number of amides is 1. The molecule has 4 rings (SSSR count). The van der Waals surface area contributed by atoms with Gasteiger partial charge in [-0.25, -0.2) is 13.6 Å². The van der Waals surface area contributed by atoms with E-state index in [1.54, 1.807) is 0 Å². The summed E-state index contributed by atoms with van der Waals surface area (Å²) in [6.45, 7) is -0.0793. The van der Waals surface area contributed by atoms with Crippen LogP contribution in [-0.2, 0) is 4.74 Å². The minimum Gasteiger partial charge on any atom is -0.449 e. The summed E-state index contributed by atoms with van der Waals surface area (Å²) in [5, 5.41) is 12.5. The number of aliphatic hydroxyl groups excluding tert-OH is 1. The van der Waals surface area contributed by atoms with Gasteiger partial charge in [-0.2, -0.15) is 0 Å². The van der Waals surface area contributed by atoms with Crippen molar-refractivity contribution in [2.75, 3.05) is 13.2 Å². The molecule has 0 heterocycles. The molecular formula is C23H19F2NO3. The molecule has 3 aromatic rings. The van der Waals surface area contributed by atoms with Crippen LogP contribution >= 0.6 is 0 Å². The van der Waals surface area contributed by atoms with E-state index in [2.05, 4.69) is 5.32 Å². The van der Waals surface area contributed by atoms with Crippen molar-refractivity contribution >= 4 is 6.09 Å². The lowest BCUT2D eigenvalue weighted by molar-refractivity contribution is 0.128. The molecule has 1 unspecified atom stereocenters. The van der Waals surface area contributed by atoms with Gasteiger partial charge in [0.25, 0.3) is 0 Å². The quantitative estimate of drug-likeness (QED) is 0.667. The number of rotatable bonds is 5. The second-order valence-corrected chi connectivity index (χ2v) is 6.93. The molecule has 0 radical (unpaired) electrons. The van der Waals surface area contributed by atoms with E-state index in [1.807, 2.05) is 48.5 Å². The van der Waals surface area contributed by atoms with E-state index in [0.717, 1.165) is 40.5 Å². The third-order valence-electron chi connectivity index (χ3n) is 5.05. The Morgan fingerprint density at radius 1 is 0.966 bits per heavy atom. The molecule has 0 bridgehead atoms. The van der Waals surface area contributed by atoms with Crippen molar-refractivity contribution in [3.63, 3.8) is 0 Å². The summed E-state index contributed by atoms with van der Waals surface area (Å²) in [4.78, 5) is 12.1. The number of halogens is 2. The molecule has 29 heavy (non-hydrogen) atoms. The number of aliphatic hydroxyl groups is 1. The predicted molar refractivity (Wildman–Crippen MR) is 104 cm³/mol. The van der Waals surface area contributed by atoms with Crippen molar-refractivity contribution in [2.45, 2.75) is 12.0 Å². The topological polar surface area (TPSA) is 58.6 Å². The first-order valence-corrected chi connectivity index (χ1v) is 9.26. The van der Waals surface area contributed by atoms with Crippen LogP contribution in [-0.4, -0.2) is 24.4 Å². The Morgan fingerprint density at radius 2 is 1.52 bits per heavy atom. The van der Waals surface area contributed by atoms with Crippen molar-refractivity contribution in [3.8, 4) is 11.1 Å². The summed E-state index contributed by atoms with van der Waals surface area (Å²) < 4.78 is 31.9. The lowest BCUT2D eigenvalue weighted by atomic mass is 9.98. The van der Waals surface area contributed by atoms with Gasteiger partial charge in [0.05, 0.1) is 12.6 Å². The zero-order valence-corrected chi connectivity index (χ0v) is 15.4. The number of fused-ring (bicyclic) bond motifs is 3. The molecule has 0 aliphatic heterocycles. The van der Waals surface area contributed by atoms with E-state index in [4.69, 9.17) is 4.74 Å². The fourth-order valence-electron chi connectivity index (χ4n) is 3.71. The fraction of sp³-hybridized carbons (Fsp3) is 0.174. The monoisotopic (exact) mass is 395 g/mol. The molecule has 4 nitrogen and oxygen atoms in total. The minimum absolute atomic E-state index is 0.0430. The van der Waals surface area contributed by atoms with E-state index in [-0.39, 0.29) is 24.6 Å². The molecule has 0 fully saturated rings. The highest BCUT2D eigenvalue weighted by atomic mass is 19.1. The highest BCUT2D eigenvalue weighted by Crippen LogP contribution is 2.44. The SMILES string of the molecule is O=C(NCC(O)c1cc(F)cc(F)c1)OCC1c2ccccc2-c2ccccc21. The van der Waals surface area contributed by atoms with Gasteiger partial charge in [0, 0.05) is 12.0 Å². The van der Waals surface area contributed by atoms with E-state index in [9.17, 15) is 18.7 Å². The molecule has 1 aliphatic carbocycles. The van der Waals surface area contributed by atoms with Gasteiger partial charge in [0.1, 0.15) is 18.2 Å². The summed E-state index contributed by atoms with van der Waals surface area (Å²) in [7, 11) is 0. The third kappa shape index (κ3) is 3.98. The molecular weight excluding hydrogens is 376 g/mol. The summed E-state index contributed by atoms with van der Waals surface area (Å²) in [6.07, 6.45) is -1.96. The van der Waals surface area contributed by atoms with Crippen molar-refractivity contribution in [1.29, 1.82) is 0 Å². The zero-order valence-electron chi connectivity index (χ0n) is 15.4. The summed E-state index contributed by atoms with van der Waals surface area (Å²) in [5.74, 6) is -1.66. The van der Waals surface area contributed by atoms with Crippen molar-refractivity contribution in [2.24, 2.45) is 0 Å². The molecule has 1 atom stereocenters. The fourth-order valence-corrected chi connectivity index (χ4v) is 3.71. The number of carbonyl (C=O) groups is 1. The number of benzene rings is 3. The second-order valence-electron chi connectivity index (χ2n) is 6.93. The molecule has 1 amide bonds. The summed E-state index contributed by atoms with van der Waals surface area (Å²) in [5.41, 5.74) is 4.48. The van der Waals surface area contributed by atoms with Gasteiger partial charge in [0.2, 0.25) is 0 Å². The Morgan fingerprint density at radius 3 is 2.10 bits per heavy atom.